The van der Waals surface area contributed by atoms with Crippen molar-refractivity contribution < 1.29 is 4.79 Å². The number of pyridine rings is 1. The summed E-state index contributed by atoms with van der Waals surface area (Å²) in [4.78, 5) is 18.8. The largest absolute Gasteiger partial charge is 0.337 e. The molecule has 1 saturated heterocycles. The highest BCUT2D eigenvalue weighted by molar-refractivity contribution is 5.92. The van der Waals surface area contributed by atoms with Crippen LogP contribution in [0.1, 0.15) is 30.8 Å². The van der Waals surface area contributed by atoms with Gasteiger partial charge in [0.05, 0.1) is 5.69 Å². The first-order valence-corrected chi connectivity index (χ1v) is 7.48. The maximum absolute atomic E-state index is 12.7. The molecule has 2 N–H and O–H groups in total. The second kappa shape index (κ2) is 7.96. The third kappa shape index (κ3) is 4.06. The van der Waals surface area contributed by atoms with E-state index in [0.29, 0.717) is 18.8 Å². The minimum atomic E-state index is -0.0759. The number of nitrogens with zero attached hydrogens (tertiary/aromatic N) is 4. The van der Waals surface area contributed by atoms with E-state index in [1.807, 2.05) is 23.2 Å². The van der Waals surface area contributed by atoms with Crippen molar-refractivity contribution in [3.8, 4) is 5.69 Å². The first-order chi connectivity index (χ1) is 10.5. The lowest BCUT2D eigenvalue weighted by molar-refractivity contribution is 0.0527. The maximum atomic E-state index is 12.7. The topological polar surface area (TPSA) is 77.0 Å². The standard InChI is InChI=1S/C16H21N5O.2ClH/c1-16(2)11-20(9-5-14(16)17)15(22)13-10-12(4-7-18-13)21-8-3-6-19-21;;/h3-4,6-8,10,14H,5,9,11,17H2,1-2H3;2*1H. The van der Waals surface area contributed by atoms with Crippen molar-refractivity contribution in [2.75, 3.05) is 13.1 Å². The lowest BCUT2D eigenvalue weighted by Crippen LogP contribution is -2.54. The van der Waals surface area contributed by atoms with Crippen molar-refractivity contribution >= 4 is 30.7 Å². The lowest BCUT2D eigenvalue weighted by Gasteiger charge is -2.42. The molecule has 0 spiro atoms. The fourth-order valence-electron chi connectivity index (χ4n) is 2.81. The van der Waals surface area contributed by atoms with Gasteiger partial charge in [0.25, 0.3) is 5.91 Å². The second-order valence-electron chi connectivity index (χ2n) is 6.46. The first-order valence-electron chi connectivity index (χ1n) is 7.48. The van der Waals surface area contributed by atoms with Gasteiger partial charge in [0.15, 0.2) is 0 Å². The normalized spacial score (nSPS) is 19.1. The summed E-state index contributed by atoms with van der Waals surface area (Å²) in [5.41, 5.74) is 7.33. The molecule has 1 aliphatic heterocycles. The van der Waals surface area contributed by atoms with Gasteiger partial charge in [-0.15, -0.1) is 24.8 Å². The number of hydrogen-bond donors (Lipinski definition) is 1. The molecule has 6 nitrogen and oxygen atoms in total. The van der Waals surface area contributed by atoms with Crippen molar-refractivity contribution in [1.29, 1.82) is 0 Å². The molecule has 2 aromatic rings. The Bertz CT molecular complexity index is 675. The van der Waals surface area contributed by atoms with Crippen molar-refractivity contribution in [3.63, 3.8) is 0 Å². The van der Waals surface area contributed by atoms with Crippen LogP contribution in [0.15, 0.2) is 36.8 Å². The van der Waals surface area contributed by atoms with Crippen LogP contribution in [0.25, 0.3) is 5.69 Å². The Balaban J connectivity index is 0.00000144. The van der Waals surface area contributed by atoms with Crippen molar-refractivity contribution in [2.24, 2.45) is 11.1 Å². The fourth-order valence-corrected chi connectivity index (χ4v) is 2.81. The SMILES string of the molecule is CC1(C)CN(C(=O)c2cc(-n3cccn3)ccn2)CCC1N.Cl.Cl. The second-order valence-corrected chi connectivity index (χ2v) is 6.46. The van der Waals surface area contributed by atoms with Crippen LogP contribution in [0.4, 0.5) is 0 Å². The van der Waals surface area contributed by atoms with Crippen LogP contribution in [-0.2, 0) is 0 Å². The zero-order valence-electron chi connectivity index (χ0n) is 13.8. The highest BCUT2D eigenvalue weighted by Crippen LogP contribution is 2.28. The van der Waals surface area contributed by atoms with Gasteiger partial charge in [0.2, 0.25) is 0 Å². The molecule has 0 aliphatic carbocycles. The van der Waals surface area contributed by atoms with Gasteiger partial charge in [0, 0.05) is 37.7 Å². The van der Waals surface area contributed by atoms with Gasteiger partial charge in [-0.1, -0.05) is 13.8 Å². The average molecular weight is 372 g/mol. The number of piperidine rings is 1. The Hall–Kier alpha value is -1.63. The Morgan fingerprint density at radius 2 is 2.08 bits per heavy atom. The summed E-state index contributed by atoms with van der Waals surface area (Å²) in [5, 5.41) is 4.18. The smallest absolute Gasteiger partial charge is 0.272 e. The summed E-state index contributed by atoms with van der Waals surface area (Å²) >= 11 is 0. The molecule has 2 aromatic heterocycles. The van der Waals surface area contributed by atoms with Crippen LogP contribution < -0.4 is 5.73 Å². The van der Waals surface area contributed by atoms with E-state index in [2.05, 4.69) is 23.9 Å². The van der Waals surface area contributed by atoms with Crippen molar-refractivity contribution in [1.82, 2.24) is 19.7 Å². The highest BCUT2D eigenvalue weighted by Gasteiger charge is 2.35. The quantitative estimate of drug-likeness (QED) is 0.878. The number of rotatable bonds is 2. The van der Waals surface area contributed by atoms with Gasteiger partial charge >= 0.3 is 0 Å². The molecule has 0 radical (unpaired) electrons. The molecule has 1 unspecified atom stereocenters. The summed E-state index contributed by atoms with van der Waals surface area (Å²) in [6.45, 7) is 5.53. The van der Waals surface area contributed by atoms with E-state index in [0.717, 1.165) is 12.1 Å². The number of likely N-dealkylation sites (tertiary alicyclic amines) is 1. The van der Waals surface area contributed by atoms with Gasteiger partial charge in [-0.05, 0) is 30.0 Å². The summed E-state index contributed by atoms with van der Waals surface area (Å²) in [6.07, 6.45) is 6.01. The zero-order valence-corrected chi connectivity index (χ0v) is 15.4. The molecule has 132 valence electrons. The minimum Gasteiger partial charge on any atom is -0.337 e. The number of carbonyl (C=O) groups is 1. The van der Waals surface area contributed by atoms with Crippen LogP contribution in [0.2, 0.25) is 0 Å². The molecule has 8 heteroatoms. The predicted octanol–water partition coefficient (Wildman–Crippen LogP) is 2.31. The molecule has 24 heavy (non-hydrogen) atoms. The van der Waals surface area contributed by atoms with Crippen LogP contribution >= 0.6 is 24.8 Å². The Kier molecular flexibility index (Phi) is 6.77. The average Bonchev–Trinajstić information content (AvgIpc) is 3.04. The van der Waals surface area contributed by atoms with Gasteiger partial charge in [-0.3, -0.25) is 9.78 Å². The number of hydrogen-bond acceptors (Lipinski definition) is 4. The molecule has 0 saturated carbocycles. The molecule has 1 aliphatic rings. The van der Waals surface area contributed by atoms with E-state index in [9.17, 15) is 4.79 Å². The van der Waals surface area contributed by atoms with Crippen LogP contribution in [0.3, 0.4) is 0 Å². The molecule has 0 bridgehead atoms. The Morgan fingerprint density at radius 3 is 2.71 bits per heavy atom. The summed E-state index contributed by atoms with van der Waals surface area (Å²) in [5.74, 6) is -0.0472. The van der Waals surface area contributed by atoms with Crippen LogP contribution in [-0.4, -0.2) is 44.7 Å². The third-order valence-corrected chi connectivity index (χ3v) is 4.33. The number of amides is 1. The van der Waals surface area contributed by atoms with Crippen LogP contribution in [0.5, 0.6) is 0 Å². The molecule has 3 heterocycles. The third-order valence-electron chi connectivity index (χ3n) is 4.33. The Labute approximate surface area is 154 Å². The first kappa shape index (κ1) is 20.4. The molecule has 1 amide bonds. The summed E-state index contributed by atoms with van der Waals surface area (Å²) in [6, 6.07) is 5.58. The maximum Gasteiger partial charge on any atom is 0.272 e. The van der Waals surface area contributed by atoms with Crippen molar-refractivity contribution in [3.05, 3.63) is 42.5 Å². The molecule has 3 rings (SSSR count). The van der Waals surface area contributed by atoms with Gasteiger partial charge in [-0.25, -0.2) is 4.68 Å². The fraction of sp³-hybridized carbons (Fsp3) is 0.438. The monoisotopic (exact) mass is 371 g/mol. The van der Waals surface area contributed by atoms with E-state index in [-0.39, 0.29) is 42.2 Å². The zero-order chi connectivity index (χ0) is 15.7. The van der Waals surface area contributed by atoms with E-state index < -0.39 is 0 Å². The van der Waals surface area contributed by atoms with Crippen molar-refractivity contribution in [2.45, 2.75) is 26.3 Å². The summed E-state index contributed by atoms with van der Waals surface area (Å²) in [7, 11) is 0. The molecule has 1 fully saturated rings. The highest BCUT2D eigenvalue weighted by atomic mass is 35.5. The molecule has 0 aromatic carbocycles. The summed E-state index contributed by atoms with van der Waals surface area (Å²) < 4.78 is 1.72. The van der Waals surface area contributed by atoms with E-state index in [1.165, 1.54) is 0 Å². The Morgan fingerprint density at radius 1 is 1.33 bits per heavy atom. The van der Waals surface area contributed by atoms with Crippen LogP contribution in [0, 0.1) is 5.41 Å². The van der Waals surface area contributed by atoms with Gasteiger partial charge in [-0.2, -0.15) is 5.10 Å². The lowest BCUT2D eigenvalue weighted by atomic mass is 9.79. The molecule has 1 atom stereocenters. The number of nitrogens with two attached hydrogens (primary N) is 1. The predicted molar refractivity (Wildman–Crippen MR) is 98.1 cm³/mol. The van der Waals surface area contributed by atoms with Gasteiger partial charge < -0.3 is 10.6 Å². The van der Waals surface area contributed by atoms with E-state index >= 15 is 0 Å². The number of halogens is 2. The van der Waals surface area contributed by atoms with Gasteiger partial charge in [0.1, 0.15) is 5.69 Å². The molecular formula is C16H23Cl2N5O. The number of carbonyl (C=O) groups excluding carboxylic acids is 1. The van der Waals surface area contributed by atoms with E-state index in [4.69, 9.17) is 5.73 Å². The van der Waals surface area contributed by atoms with E-state index in [1.54, 1.807) is 23.1 Å². The number of aromatic nitrogens is 3. The minimum absolute atomic E-state index is 0. The molecular weight excluding hydrogens is 349 g/mol.